The zero-order chi connectivity index (χ0) is 18.8. The van der Waals surface area contributed by atoms with Crippen LogP contribution in [-0.4, -0.2) is 65.0 Å². The molecule has 0 amide bonds. The molecule has 27 heavy (non-hydrogen) atoms. The lowest BCUT2D eigenvalue weighted by atomic mass is 10.0. The molecule has 5 nitrogen and oxygen atoms in total. The van der Waals surface area contributed by atoms with Crippen molar-refractivity contribution in [1.29, 1.82) is 0 Å². The van der Waals surface area contributed by atoms with Crippen molar-refractivity contribution in [3.05, 3.63) is 47.0 Å². The van der Waals surface area contributed by atoms with Gasteiger partial charge in [0.05, 0.1) is 24.6 Å². The molecule has 4 rings (SSSR count). The molecule has 2 aliphatic rings. The van der Waals surface area contributed by atoms with Crippen LogP contribution in [0.15, 0.2) is 24.3 Å². The van der Waals surface area contributed by atoms with Gasteiger partial charge in [0.25, 0.3) is 0 Å². The van der Waals surface area contributed by atoms with Crippen molar-refractivity contribution in [3.63, 3.8) is 0 Å². The van der Waals surface area contributed by atoms with Crippen LogP contribution in [0.5, 0.6) is 0 Å². The van der Waals surface area contributed by atoms with Crippen LogP contribution >= 0.6 is 0 Å². The van der Waals surface area contributed by atoms with E-state index < -0.39 is 0 Å². The van der Waals surface area contributed by atoms with Gasteiger partial charge in [0.15, 0.2) is 0 Å². The van der Waals surface area contributed by atoms with Crippen molar-refractivity contribution in [2.45, 2.75) is 39.3 Å². The van der Waals surface area contributed by atoms with Gasteiger partial charge in [0.1, 0.15) is 5.82 Å². The van der Waals surface area contributed by atoms with Gasteiger partial charge in [-0.2, -0.15) is 5.10 Å². The van der Waals surface area contributed by atoms with Crippen LogP contribution in [0.25, 0.3) is 5.69 Å². The summed E-state index contributed by atoms with van der Waals surface area (Å²) in [4.78, 5) is 5.16. The van der Waals surface area contributed by atoms with Crippen molar-refractivity contribution in [3.8, 4) is 5.69 Å². The maximum Gasteiger partial charge on any atom is 0.123 e. The summed E-state index contributed by atoms with van der Waals surface area (Å²) in [5.74, 6) is -0.219. The van der Waals surface area contributed by atoms with Crippen LogP contribution in [-0.2, 0) is 11.3 Å². The van der Waals surface area contributed by atoms with Gasteiger partial charge in [-0.25, -0.2) is 9.07 Å². The summed E-state index contributed by atoms with van der Waals surface area (Å²) in [7, 11) is 0. The summed E-state index contributed by atoms with van der Waals surface area (Å²) >= 11 is 0. The molecule has 0 saturated carbocycles. The predicted octanol–water partition coefficient (Wildman–Crippen LogP) is 2.92. The summed E-state index contributed by atoms with van der Waals surface area (Å²) in [6.07, 6.45) is 2.52. The van der Waals surface area contributed by atoms with Crippen LogP contribution in [0.4, 0.5) is 4.39 Å². The zero-order valence-corrected chi connectivity index (χ0v) is 16.3. The molecule has 1 unspecified atom stereocenters. The fourth-order valence-corrected chi connectivity index (χ4v) is 4.38. The Morgan fingerprint density at radius 3 is 2.59 bits per heavy atom. The quantitative estimate of drug-likeness (QED) is 0.826. The van der Waals surface area contributed by atoms with E-state index in [1.807, 2.05) is 4.68 Å². The second kappa shape index (κ2) is 8.09. The Kier molecular flexibility index (Phi) is 5.57. The minimum absolute atomic E-state index is 0.219. The van der Waals surface area contributed by atoms with Gasteiger partial charge in [0, 0.05) is 43.5 Å². The predicted molar refractivity (Wildman–Crippen MR) is 104 cm³/mol. The van der Waals surface area contributed by atoms with Crippen molar-refractivity contribution in [2.24, 2.45) is 0 Å². The summed E-state index contributed by atoms with van der Waals surface area (Å²) in [5.41, 5.74) is 4.41. The summed E-state index contributed by atoms with van der Waals surface area (Å²) < 4.78 is 20.7. The first-order valence-corrected chi connectivity index (χ1v) is 9.97. The molecule has 6 heteroatoms. The Bertz CT molecular complexity index is 767. The van der Waals surface area contributed by atoms with Crippen LogP contribution in [0.1, 0.15) is 29.8 Å². The lowest BCUT2D eigenvalue weighted by molar-refractivity contribution is -0.00361. The van der Waals surface area contributed by atoms with E-state index in [4.69, 9.17) is 9.84 Å². The third-order valence-corrected chi connectivity index (χ3v) is 5.94. The van der Waals surface area contributed by atoms with Crippen molar-refractivity contribution in [1.82, 2.24) is 19.6 Å². The first-order valence-electron chi connectivity index (χ1n) is 9.97. The molecular formula is C21H29FN4O. The Morgan fingerprint density at radius 2 is 1.85 bits per heavy atom. The van der Waals surface area contributed by atoms with Crippen molar-refractivity contribution in [2.75, 3.05) is 39.4 Å². The molecule has 2 aliphatic heterocycles. The van der Waals surface area contributed by atoms with E-state index >= 15 is 0 Å². The smallest absolute Gasteiger partial charge is 0.123 e. The van der Waals surface area contributed by atoms with Crippen molar-refractivity contribution < 1.29 is 9.13 Å². The fourth-order valence-electron chi connectivity index (χ4n) is 4.38. The Morgan fingerprint density at radius 1 is 1.11 bits per heavy atom. The molecule has 146 valence electrons. The summed E-state index contributed by atoms with van der Waals surface area (Å²) in [6.45, 7) is 11.2. The number of rotatable bonds is 4. The number of piperidine rings is 1. The Balaban J connectivity index is 1.48. The minimum Gasteiger partial charge on any atom is -0.379 e. The Hall–Kier alpha value is -1.76. The number of aryl methyl sites for hydroxylation is 1. The number of aromatic nitrogens is 2. The monoisotopic (exact) mass is 372 g/mol. The second-order valence-corrected chi connectivity index (χ2v) is 7.72. The maximum atomic E-state index is 13.2. The molecule has 0 bridgehead atoms. The van der Waals surface area contributed by atoms with E-state index in [1.54, 1.807) is 12.1 Å². The molecule has 1 aromatic heterocycles. The number of likely N-dealkylation sites (tertiary alicyclic amines) is 1. The normalized spacial score (nSPS) is 22.3. The van der Waals surface area contributed by atoms with E-state index in [9.17, 15) is 4.39 Å². The van der Waals surface area contributed by atoms with Crippen LogP contribution in [0.3, 0.4) is 0 Å². The highest BCUT2D eigenvalue weighted by atomic mass is 19.1. The van der Waals surface area contributed by atoms with Gasteiger partial charge in [-0.05, 0) is 57.5 Å². The first kappa shape index (κ1) is 18.6. The molecule has 2 saturated heterocycles. The fraction of sp³-hybridized carbons (Fsp3) is 0.571. The first-order chi connectivity index (χ1) is 13.1. The minimum atomic E-state index is -0.219. The number of halogens is 1. The molecule has 3 heterocycles. The van der Waals surface area contributed by atoms with E-state index in [0.717, 1.165) is 63.0 Å². The molecule has 2 fully saturated rings. The average molecular weight is 372 g/mol. The average Bonchev–Trinajstić information content (AvgIpc) is 2.98. The molecule has 1 atom stereocenters. The number of hydrogen-bond acceptors (Lipinski definition) is 4. The van der Waals surface area contributed by atoms with Gasteiger partial charge in [-0.1, -0.05) is 0 Å². The largest absolute Gasteiger partial charge is 0.379 e. The highest BCUT2D eigenvalue weighted by Gasteiger charge is 2.27. The van der Waals surface area contributed by atoms with Gasteiger partial charge >= 0.3 is 0 Å². The van der Waals surface area contributed by atoms with Gasteiger partial charge in [0.2, 0.25) is 0 Å². The highest BCUT2D eigenvalue weighted by molar-refractivity contribution is 5.37. The molecule has 0 spiro atoms. The van der Waals surface area contributed by atoms with E-state index in [0.29, 0.717) is 6.04 Å². The molecule has 0 N–H and O–H groups in total. The van der Waals surface area contributed by atoms with Gasteiger partial charge in [-0.15, -0.1) is 0 Å². The SMILES string of the molecule is Cc1nn(-c2ccc(F)cc2)c(C)c1CN1CCCC(N2CCOCC2)C1. The second-order valence-electron chi connectivity index (χ2n) is 7.72. The van der Waals surface area contributed by atoms with Crippen LogP contribution < -0.4 is 0 Å². The van der Waals surface area contributed by atoms with Gasteiger partial charge in [-0.3, -0.25) is 9.80 Å². The molecule has 0 aliphatic carbocycles. The van der Waals surface area contributed by atoms with E-state index in [-0.39, 0.29) is 5.82 Å². The standard InChI is InChI=1S/C21H29FN4O/c1-16-21(17(2)26(23-16)19-7-5-18(22)6-8-19)15-24-9-3-4-20(14-24)25-10-12-27-13-11-25/h5-8,20H,3-4,9-15H2,1-2H3. The number of nitrogens with zero attached hydrogens (tertiary/aromatic N) is 4. The highest BCUT2D eigenvalue weighted by Crippen LogP contribution is 2.23. The lowest BCUT2D eigenvalue weighted by Gasteiger charge is -2.41. The lowest BCUT2D eigenvalue weighted by Crippen LogP contribution is -2.51. The van der Waals surface area contributed by atoms with E-state index in [2.05, 4.69) is 23.6 Å². The molecule has 2 aromatic rings. The summed E-state index contributed by atoms with van der Waals surface area (Å²) in [6, 6.07) is 7.18. The maximum absolute atomic E-state index is 13.2. The molecule has 1 aromatic carbocycles. The molecule has 0 radical (unpaired) electrons. The third kappa shape index (κ3) is 4.08. The summed E-state index contributed by atoms with van der Waals surface area (Å²) in [5, 5.41) is 4.73. The van der Waals surface area contributed by atoms with Crippen molar-refractivity contribution >= 4 is 0 Å². The van der Waals surface area contributed by atoms with Crippen LogP contribution in [0, 0.1) is 19.7 Å². The topological polar surface area (TPSA) is 33.5 Å². The zero-order valence-electron chi connectivity index (χ0n) is 16.3. The number of hydrogen-bond donors (Lipinski definition) is 0. The Labute approximate surface area is 160 Å². The third-order valence-electron chi connectivity index (χ3n) is 5.94. The number of ether oxygens (including phenoxy) is 1. The van der Waals surface area contributed by atoms with Crippen LogP contribution in [0.2, 0.25) is 0 Å². The van der Waals surface area contributed by atoms with Gasteiger partial charge < -0.3 is 4.74 Å². The number of morpholine rings is 1. The number of benzene rings is 1. The van der Waals surface area contributed by atoms with E-state index in [1.165, 1.54) is 30.5 Å². The molecular weight excluding hydrogens is 343 g/mol.